The monoisotopic (exact) mass is 606 g/mol. The van der Waals surface area contributed by atoms with Gasteiger partial charge in [0, 0.05) is 57.1 Å². The molecule has 44 heavy (non-hydrogen) atoms. The maximum atomic E-state index is 14.0. The van der Waals surface area contributed by atoms with Crippen molar-refractivity contribution in [2.75, 3.05) is 51.6 Å². The Hall–Kier alpha value is -3.69. The molecule has 3 aromatic rings. The third kappa shape index (κ3) is 7.87. The topological polar surface area (TPSA) is 55.9 Å². The van der Waals surface area contributed by atoms with Crippen LogP contribution in [0.5, 0.6) is 0 Å². The first kappa shape index (κ1) is 31.7. The molecule has 5 rings (SSSR count). The summed E-state index contributed by atoms with van der Waals surface area (Å²) in [4.78, 5) is 31.9. The number of nitrogens with one attached hydrogen (secondary N) is 1. The predicted octanol–water partition coefficient (Wildman–Crippen LogP) is 6.27. The molecule has 6 nitrogen and oxygen atoms in total. The van der Waals surface area contributed by atoms with Crippen molar-refractivity contribution in [1.29, 1.82) is 0 Å². The van der Waals surface area contributed by atoms with E-state index >= 15 is 0 Å². The first-order chi connectivity index (χ1) is 21.0. The van der Waals surface area contributed by atoms with Crippen LogP contribution in [0.3, 0.4) is 0 Å². The van der Waals surface area contributed by atoms with Gasteiger partial charge in [0.05, 0.1) is 12.0 Å². The lowest BCUT2D eigenvalue weighted by atomic mass is 9.89. The van der Waals surface area contributed by atoms with Gasteiger partial charge in [0.15, 0.2) is 0 Å². The molecule has 0 radical (unpaired) electrons. The van der Waals surface area contributed by atoms with Crippen molar-refractivity contribution in [3.05, 3.63) is 99.6 Å². The van der Waals surface area contributed by atoms with Gasteiger partial charge in [-0.25, -0.2) is 0 Å². The maximum absolute atomic E-state index is 14.0. The molecule has 9 heteroatoms. The highest BCUT2D eigenvalue weighted by molar-refractivity contribution is 6.04. The highest BCUT2D eigenvalue weighted by Crippen LogP contribution is 2.34. The average Bonchev–Trinajstić information content (AvgIpc) is 3.00. The number of hydrogen-bond donors (Lipinski definition) is 1. The number of halogens is 3. The lowest BCUT2D eigenvalue weighted by molar-refractivity contribution is -0.138. The van der Waals surface area contributed by atoms with Gasteiger partial charge in [0.25, 0.3) is 5.91 Å². The highest BCUT2D eigenvalue weighted by atomic mass is 19.4. The molecule has 0 aliphatic carbocycles. The van der Waals surface area contributed by atoms with Crippen LogP contribution < -0.4 is 5.32 Å². The minimum Gasteiger partial charge on any atom is -0.342 e. The van der Waals surface area contributed by atoms with Crippen molar-refractivity contribution >= 4 is 17.5 Å². The molecule has 0 aromatic heterocycles. The van der Waals surface area contributed by atoms with E-state index in [1.807, 2.05) is 35.0 Å². The van der Waals surface area contributed by atoms with E-state index in [0.29, 0.717) is 44.2 Å². The van der Waals surface area contributed by atoms with Gasteiger partial charge in [-0.15, -0.1) is 0 Å². The maximum Gasteiger partial charge on any atom is 0.416 e. The SMILES string of the molecule is Cc1ccc(CC(=O)N2CCC(c3ccc(NC(=O)c4ccc(CN5CCN(C)CC5)c(C(F)(F)F)c4)cc3)CC2)cc1C. The molecule has 0 unspecified atom stereocenters. The number of carbonyl (C=O) groups is 2. The number of amides is 2. The van der Waals surface area contributed by atoms with E-state index in [9.17, 15) is 22.8 Å². The average molecular weight is 607 g/mol. The van der Waals surface area contributed by atoms with Crippen LogP contribution in [0, 0.1) is 13.8 Å². The summed E-state index contributed by atoms with van der Waals surface area (Å²) < 4.78 is 41.9. The van der Waals surface area contributed by atoms with Crippen molar-refractivity contribution in [3.63, 3.8) is 0 Å². The normalized spacial score (nSPS) is 17.1. The second-order valence-corrected chi connectivity index (χ2v) is 12.3. The van der Waals surface area contributed by atoms with Crippen LogP contribution in [0.2, 0.25) is 0 Å². The van der Waals surface area contributed by atoms with Crippen LogP contribution in [-0.4, -0.2) is 72.8 Å². The fraction of sp³-hybridized carbons (Fsp3) is 0.429. The lowest BCUT2D eigenvalue weighted by Crippen LogP contribution is -2.44. The molecule has 1 N–H and O–H groups in total. The van der Waals surface area contributed by atoms with E-state index in [-0.39, 0.29) is 23.6 Å². The van der Waals surface area contributed by atoms with Crippen molar-refractivity contribution in [1.82, 2.24) is 14.7 Å². The first-order valence-electron chi connectivity index (χ1n) is 15.3. The summed E-state index contributed by atoms with van der Waals surface area (Å²) in [6.45, 7) is 8.75. The van der Waals surface area contributed by atoms with Crippen molar-refractivity contribution in [2.24, 2.45) is 0 Å². The highest BCUT2D eigenvalue weighted by Gasteiger charge is 2.34. The molecule has 2 fully saturated rings. The fourth-order valence-electron chi connectivity index (χ4n) is 6.07. The molecule has 3 aromatic carbocycles. The number of benzene rings is 3. The fourth-order valence-corrected chi connectivity index (χ4v) is 6.07. The van der Waals surface area contributed by atoms with E-state index in [0.717, 1.165) is 43.1 Å². The van der Waals surface area contributed by atoms with Crippen LogP contribution in [0.4, 0.5) is 18.9 Å². The Kier molecular flexibility index (Phi) is 9.75. The second-order valence-electron chi connectivity index (χ2n) is 12.3. The largest absolute Gasteiger partial charge is 0.416 e. The second kappa shape index (κ2) is 13.5. The third-order valence-corrected chi connectivity index (χ3v) is 9.08. The number of alkyl halides is 3. The summed E-state index contributed by atoms with van der Waals surface area (Å²) in [6, 6.07) is 17.5. The van der Waals surface area contributed by atoms with Gasteiger partial charge in [-0.2, -0.15) is 13.2 Å². The minimum absolute atomic E-state index is 0.0265. The molecule has 234 valence electrons. The molecule has 2 heterocycles. The van der Waals surface area contributed by atoms with Gasteiger partial charge in [-0.1, -0.05) is 36.4 Å². The summed E-state index contributed by atoms with van der Waals surface area (Å²) in [5.41, 5.74) is 4.48. The number of carbonyl (C=O) groups excluding carboxylic acids is 2. The van der Waals surface area contributed by atoms with E-state index in [4.69, 9.17) is 0 Å². The van der Waals surface area contributed by atoms with Crippen molar-refractivity contribution in [3.8, 4) is 0 Å². The van der Waals surface area contributed by atoms with Gasteiger partial charge in [0.1, 0.15) is 0 Å². The number of piperidine rings is 1. The summed E-state index contributed by atoms with van der Waals surface area (Å²) in [5.74, 6) is -0.136. The van der Waals surface area contributed by atoms with Crippen LogP contribution >= 0.6 is 0 Å². The van der Waals surface area contributed by atoms with E-state index in [1.165, 1.54) is 23.3 Å². The van der Waals surface area contributed by atoms with Crippen molar-refractivity contribution < 1.29 is 22.8 Å². The molecule has 2 amide bonds. The molecular formula is C35H41F3N4O2. The Balaban J connectivity index is 1.16. The van der Waals surface area contributed by atoms with Gasteiger partial charge in [-0.3, -0.25) is 14.5 Å². The van der Waals surface area contributed by atoms with E-state index in [2.05, 4.69) is 36.2 Å². The van der Waals surface area contributed by atoms with Crippen LogP contribution in [0.15, 0.2) is 60.7 Å². The number of hydrogen-bond acceptors (Lipinski definition) is 4. The number of likely N-dealkylation sites (tertiary alicyclic amines) is 1. The van der Waals surface area contributed by atoms with E-state index in [1.54, 1.807) is 12.1 Å². The number of rotatable bonds is 7. The summed E-state index contributed by atoms with van der Waals surface area (Å²) in [5, 5.41) is 2.75. The zero-order valence-electron chi connectivity index (χ0n) is 25.7. The van der Waals surface area contributed by atoms with Crippen LogP contribution in [0.25, 0.3) is 0 Å². The Labute approximate surface area is 257 Å². The number of anilines is 1. The summed E-state index contributed by atoms with van der Waals surface area (Å²) in [6.07, 6.45) is -2.44. The zero-order chi connectivity index (χ0) is 31.4. The lowest BCUT2D eigenvalue weighted by Gasteiger charge is -2.33. The molecular weight excluding hydrogens is 565 g/mol. The molecule has 2 saturated heterocycles. The zero-order valence-corrected chi connectivity index (χ0v) is 25.7. The number of nitrogens with zero attached hydrogens (tertiary/aromatic N) is 3. The number of likely N-dealkylation sites (N-methyl/N-ethyl adjacent to an activating group) is 1. The number of aryl methyl sites for hydroxylation is 2. The smallest absolute Gasteiger partial charge is 0.342 e. The standard InChI is InChI=1S/C35H41F3N4O2/c1-24-4-5-26(20-25(24)2)21-33(43)42-14-12-28(13-15-42)27-8-10-31(11-9-27)39-34(44)29-6-7-30(32(22-29)35(36,37)38)23-41-18-16-40(3)17-19-41/h4-11,20,22,28H,12-19,21,23H2,1-3H3,(H,39,44). The van der Waals surface area contributed by atoms with Crippen molar-refractivity contribution in [2.45, 2.75) is 51.7 Å². The van der Waals surface area contributed by atoms with Crippen LogP contribution in [-0.2, 0) is 23.9 Å². The molecule has 0 bridgehead atoms. The molecule has 0 saturated carbocycles. The summed E-state index contributed by atoms with van der Waals surface area (Å²) in [7, 11) is 2.00. The van der Waals surface area contributed by atoms with Gasteiger partial charge in [0.2, 0.25) is 5.91 Å². The third-order valence-electron chi connectivity index (χ3n) is 9.08. The van der Waals surface area contributed by atoms with Gasteiger partial charge in [-0.05, 0) is 91.7 Å². The quantitative estimate of drug-likeness (QED) is 0.345. The molecule has 0 spiro atoms. The molecule has 2 aliphatic rings. The van der Waals surface area contributed by atoms with E-state index < -0.39 is 17.6 Å². The number of piperazine rings is 1. The predicted molar refractivity (Wildman–Crippen MR) is 167 cm³/mol. The van der Waals surface area contributed by atoms with Gasteiger partial charge < -0.3 is 15.1 Å². The minimum atomic E-state index is -4.56. The Bertz CT molecular complexity index is 1470. The van der Waals surface area contributed by atoms with Crippen LogP contribution in [0.1, 0.15) is 62.5 Å². The Morgan fingerprint density at radius 1 is 0.841 bits per heavy atom. The summed E-state index contributed by atoms with van der Waals surface area (Å²) >= 11 is 0. The Morgan fingerprint density at radius 2 is 1.52 bits per heavy atom. The Morgan fingerprint density at radius 3 is 2.16 bits per heavy atom. The molecule has 0 atom stereocenters. The molecule has 2 aliphatic heterocycles. The van der Waals surface area contributed by atoms with Gasteiger partial charge >= 0.3 is 6.18 Å². The first-order valence-corrected chi connectivity index (χ1v) is 15.3.